The molecule has 0 amide bonds. The van der Waals surface area contributed by atoms with Gasteiger partial charge in [-0.15, -0.1) is 0 Å². The van der Waals surface area contributed by atoms with Crippen LogP contribution in [0.3, 0.4) is 0 Å². The fraction of sp³-hybridized carbons (Fsp3) is 0.524. The van der Waals surface area contributed by atoms with E-state index in [1.54, 1.807) is 48.5 Å². The summed E-state index contributed by atoms with van der Waals surface area (Å²) in [5, 5.41) is 13.8. The second kappa shape index (κ2) is 16.4. The van der Waals surface area contributed by atoms with E-state index in [9.17, 15) is 29.1 Å². The topological polar surface area (TPSA) is 191 Å². The van der Waals surface area contributed by atoms with Crippen molar-refractivity contribution in [2.24, 2.45) is 16.7 Å². The lowest BCUT2D eigenvalue weighted by molar-refractivity contribution is -0.346. The summed E-state index contributed by atoms with van der Waals surface area (Å²) in [4.78, 5) is 84.6. The maximum absolute atomic E-state index is 16.0. The van der Waals surface area contributed by atoms with Gasteiger partial charge >= 0.3 is 29.8 Å². The van der Waals surface area contributed by atoms with Crippen LogP contribution in [-0.4, -0.2) is 103 Å². The number of benzene rings is 2. The number of ketones is 1. The molecule has 62 heavy (non-hydrogen) atoms. The number of carbonyl (C=O) groups excluding carboxylic acids is 6. The Labute approximate surface area is 385 Å². The summed E-state index contributed by atoms with van der Waals surface area (Å²) >= 11 is 36.1. The highest BCUT2D eigenvalue weighted by atomic mass is 35.6. The second-order valence-electron chi connectivity index (χ2n) is 16.7. The third-order valence-electron chi connectivity index (χ3n) is 12.9. The summed E-state index contributed by atoms with van der Waals surface area (Å²) in [7, 11) is 0. The lowest BCUT2D eigenvalue weighted by Crippen LogP contribution is -2.82. The Morgan fingerprint density at radius 2 is 1.40 bits per heavy atom. The smallest absolute Gasteiger partial charge is 0.359 e. The fourth-order valence-electron chi connectivity index (χ4n) is 9.77. The van der Waals surface area contributed by atoms with Crippen LogP contribution in [0, 0.1) is 16.7 Å². The van der Waals surface area contributed by atoms with E-state index in [4.69, 9.17) is 103 Å². The Balaban J connectivity index is 1.48. The Bertz CT molecular complexity index is 2210. The Hall–Kier alpha value is -3.18. The van der Waals surface area contributed by atoms with Crippen LogP contribution in [0.4, 0.5) is 0 Å². The molecule has 2 aromatic rings. The zero-order chi connectivity index (χ0) is 45.5. The molecule has 0 aromatic heterocycles. The maximum Gasteiger partial charge on any atom is 0.359 e. The fourth-order valence-corrected chi connectivity index (χ4v) is 10.0. The number of Topliss-reactive ketones (excluding diaryl/α,β-unsaturated/α-hetero) is 1. The van der Waals surface area contributed by atoms with Gasteiger partial charge in [0.15, 0.2) is 23.6 Å². The molecule has 20 heteroatoms. The van der Waals surface area contributed by atoms with Crippen molar-refractivity contribution in [2.75, 3.05) is 6.61 Å². The van der Waals surface area contributed by atoms with E-state index in [0.29, 0.717) is 5.56 Å². The normalized spacial score (nSPS) is 34.7. The summed E-state index contributed by atoms with van der Waals surface area (Å²) in [6.07, 6.45) is -11.1. The van der Waals surface area contributed by atoms with Gasteiger partial charge in [0.1, 0.15) is 36.1 Å². The number of alkyl halides is 6. The average molecular weight is 981 g/mol. The van der Waals surface area contributed by atoms with Crippen LogP contribution in [0.5, 0.6) is 0 Å². The molecule has 2 heterocycles. The number of carbonyl (C=O) groups is 6. The maximum atomic E-state index is 16.0. The first-order valence-electron chi connectivity index (χ1n) is 19.3. The van der Waals surface area contributed by atoms with Gasteiger partial charge in [-0.25, -0.2) is 19.2 Å². The van der Waals surface area contributed by atoms with Crippen molar-refractivity contribution in [3.05, 3.63) is 82.9 Å². The lowest BCUT2D eigenvalue weighted by atomic mass is 9.44. The van der Waals surface area contributed by atoms with Crippen LogP contribution in [0.2, 0.25) is 0 Å². The van der Waals surface area contributed by atoms with Gasteiger partial charge in [0, 0.05) is 25.2 Å². The molecule has 4 fully saturated rings. The summed E-state index contributed by atoms with van der Waals surface area (Å²) in [6.45, 7) is 6.43. The van der Waals surface area contributed by atoms with Gasteiger partial charge in [-0.05, 0) is 42.7 Å². The Morgan fingerprint density at radius 1 is 0.823 bits per heavy atom. The molecule has 1 N–H and O–H groups in total. The number of ether oxygens (including phenoxy) is 7. The predicted molar refractivity (Wildman–Crippen MR) is 221 cm³/mol. The SMILES string of the molecule is CC(=O)O[C@@]12CO[C@@H]1C[C@H](OC(=O)C(Cl)(Cl)Cl)[C@@]1(C)C(=O)[C@H](OC(=O)C(Cl)(Cl)Cl)C3=C(C)C(OC(=O)[C@@H]4O[C@@H]4c4ccccc4)C[C@@](O)([C@@H](OC(=O)c4ccccc4)C12)C3(C)C. The molecule has 14 nitrogen and oxygen atoms in total. The van der Waals surface area contributed by atoms with E-state index in [0.717, 1.165) is 6.92 Å². The summed E-state index contributed by atoms with van der Waals surface area (Å²) in [5.41, 5.74) is -7.85. The Kier molecular flexibility index (Phi) is 12.3. The summed E-state index contributed by atoms with van der Waals surface area (Å²) in [5.74, 6) is -8.50. The first kappa shape index (κ1) is 46.8. The van der Waals surface area contributed by atoms with Crippen molar-refractivity contribution >= 4 is 105 Å². The number of rotatable bonds is 8. The van der Waals surface area contributed by atoms with Crippen molar-refractivity contribution < 1.29 is 67.0 Å². The first-order chi connectivity index (χ1) is 28.8. The number of epoxide rings is 1. The molecule has 5 aliphatic rings. The van der Waals surface area contributed by atoms with Gasteiger partial charge in [-0.1, -0.05) is 132 Å². The third-order valence-corrected chi connectivity index (χ3v) is 13.8. The quantitative estimate of drug-likeness (QED) is 0.0977. The highest BCUT2D eigenvalue weighted by Gasteiger charge is 2.79. The molecule has 2 unspecified atom stereocenters. The molecule has 7 rings (SSSR count). The van der Waals surface area contributed by atoms with Crippen LogP contribution in [0.1, 0.15) is 69.5 Å². The third kappa shape index (κ3) is 7.89. The second-order valence-corrected chi connectivity index (χ2v) is 21.3. The van der Waals surface area contributed by atoms with E-state index in [-0.39, 0.29) is 16.7 Å². The van der Waals surface area contributed by atoms with Crippen molar-refractivity contribution in [3.63, 3.8) is 0 Å². The highest BCUT2D eigenvalue weighted by molar-refractivity contribution is 6.76. The number of halogens is 6. The average Bonchev–Trinajstić information content (AvgIpc) is 4.00. The van der Waals surface area contributed by atoms with E-state index < -0.39 is 133 Å². The number of esters is 5. The minimum absolute atomic E-state index is 0.0139. The number of hydrogen-bond donors (Lipinski definition) is 1. The van der Waals surface area contributed by atoms with Gasteiger partial charge in [-0.3, -0.25) is 9.59 Å². The molecule has 0 radical (unpaired) electrons. The van der Waals surface area contributed by atoms with Crippen LogP contribution >= 0.6 is 69.6 Å². The first-order valence-corrected chi connectivity index (χ1v) is 21.6. The molecule has 11 atom stereocenters. The highest BCUT2D eigenvalue weighted by Crippen LogP contribution is 2.65. The molecule has 2 aromatic carbocycles. The molecule has 2 aliphatic heterocycles. The molecule has 2 saturated heterocycles. The van der Waals surface area contributed by atoms with E-state index in [2.05, 4.69) is 0 Å². The van der Waals surface area contributed by atoms with E-state index in [1.165, 1.54) is 39.8 Å². The van der Waals surface area contributed by atoms with E-state index in [1.807, 2.05) is 0 Å². The molecule has 2 bridgehead atoms. The van der Waals surface area contributed by atoms with Crippen molar-refractivity contribution in [3.8, 4) is 0 Å². The predicted octanol–water partition coefficient (Wildman–Crippen LogP) is 6.62. The largest absolute Gasteiger partial charge is 0.458 e. The monoisotopic (exact) mass is 978 g/mol. The summed E-state index contributed by atoms with van der Waals surface area (Å²) in [6, 6.07) is 16.6. The Morgan fingerprint density at radius 3 is 1.95 bits per heavy atom. The molecule has 0 spiro atoms. The van der Waals surface area contributed by atoms with Crippen LogP contribution in [0.15, 0.2) is 71.8 Å². The van der Waals surface area contributed by atoms with Crippen LogP contribution in [-0.2, 0) is 57.1 Å². The van der Waals surface area contributed by atoms with Crippen molar-refractivity contribution in [1.29, 1.82) is 0 Å². The van der Waals surface area contributed by atoms with Crippen molar-refractivity contribution in [2.45, 2.75) is 109 Å². The van der Waals surface area contributed by atoms with Crippen LogP contribution < -0.4 is 0 Å². The van der Waals surface area contributed by atoms with Gasteiger partial charge in [-0.2, -0.15) is 0 Å². The van der Waals surface area contributed by atoms with Gasteiger partial charge < -0.3 is 38.3 Å². The van der Waals surface area contributed by atoms with Crippen molar-refractivity contribution in [1.82, 2.24) is 0 Å². The van der Waals surface area contributed by atoms with Gasteiger partial charge in [0.2, 0.25) is 0 Å². The lowest BCUT2D eigenvalue weighted by Gasteiger charge is -2.67. The van der Waals surface area contributed by atoms with Gasteiger partial charge in [0.25, 0.3) is 7.59 Å². The summed E-state index contributed by atoms with van der Waals surface area (Å²) < 4.78 is 36.5. The van der Waals surface area contributed by atoms with Crippen LogP contribution in [0.25, 0.3) is 0 Å². The van der Waals surface area contributed by atoms with Gasteiger partial charge in [0.05, 0.1) is 23.5 Å². The number of aliphatic hydroxyl groups is 1. The standard InChI is InChI=1S/C42H40Cl6O14/c1-19-23(57-34(52)29-27(59-29)21-12-8-6-9-13-21)17-40(55)32(61-33(51)22-14-10-7-11-15-22)30-38(5,31(50)28(26(19)37(40,3)4)60-36(54)42(46,47)48)24(58-35(53)41(43,44)45)16-25-39(30,18-56-25)62-20(2)49/h6-15,23-25,27-30,32,55H,16-18H2,1-5H3/t23?,24-,25+,27+,28+,29+,30?,32-,38+,39-,40+/m0/s1. The minimum atomic E-state index is -2.78. The van der Waals surface area contributed by atoms with E-state index >= 15 is 4.79 Å². The number of hydrogen-bond acceptors (Lipinski definition) is 14. The molecule has 3 aliphatic carbocycles. The molecule has 2 saturated carbocycles. The zero-order valence-electron chi connectivity index (χ0n) is 33.5. The minimum Gasteiger partial charge on any atom is -0.458 e. The molecule has 334 valence electrons. The number of fused-ring (bicyclic) bond motifs is 5. The molecular formula is C42H40Cl6O14. The molecular weight excluding hydrogens is 941 g/mol. The zero-order valence-corrected chi connectivity index (χ0v) is 38.1.